The van der Waals surface area contributed by atoms with E-state index in [-0.39, 0.29) is 35.9 Å². The summed E-state index contributed by atoms with van der Waals surface area (Å²) in [6.45, 7) is 1.57. The molecular weight excluding hydrogens is 332 g/mol. The van der Waals surface area contributed by atoms with E-state index in [9.17, 15) is 9.59 Å². The summed E-state index contributed by atoms with van der Waals surface area (Å²) in [7, 11) is 3.44. The lowest BCUT2D eigenvalue weighted by Crippen LogP contribution is -2.50. The van der Waals surface area contributed by atoms with Crippen molar-refractivity contribution in [3.8, 4) is 5.75 Å². The van der Waals surface area contributed by atoms with Gasteiger partial charge in [0.25, 0.3) is 0 Å². The first-order valence-corrected chi connectivity index (χ1v) is 9.08. The molecule has 6 nitrogen and oxygen atoms in total. The maximum absolute atomic E-state index is 13.2. The van der Waals surface area contributed by atoms with Gasteiger partial charge in [0, 0.05) is 25.2 Å². The standard InChI is InChI=1S/C20H22N2O4/c1-11(23)21(2)17-10-18-20-7-6-13(26-20)9-15(20)19(24)22(18)16-5-4-12(25-3)8-14(16)17/h4-8,13,15,17-18H,9-10H2,1-3H3/t13-,15+,17+,18+,20+/m1/s1. The molecule has 0 aromatic heterocycles. The number of ether oxygens (including phenoxy) is 2. The van der Waals surface area contributed by atoms with Gasteiger partial charge in [-0.25, -0.2) is 0 Å². The molecule has 6 heteroatoms. The average Bonchev–Trinajstić information content (AvgIpc) is 3.30. The number of methoxy groups -OCH3 is 1. The first kappa shape index (κ1) is 15.9. The summed E-state index contributed by atoms with van der Waals surface area (Å²) in [5.74, 6) is 0.741. The predicted molar refractivity (Wildman–Crippen MR) is 94.9 cm³/mol. The molecular formula is C20H22N2O4. The van der Waals surface area contributed by atoms with Gasteiger partial charge in [-0.2, -0.15) is 0 Å². The molecule has 136 valence electrons. The topological polar surface area (TPSA) is 59.1 Å². The smallest absolute Gasteiger partial charge is 0.233 e. The summed E-state index contributed by atoms with van der Waals surface area (Å²) >= 11 is 0. The molecule has 0 aliphatic carbocycles. The van der Waals surface area contributed by atoms with Crippen molar-refractivity contribution in [2.24, 2.45) is 5.92 Å². The molecule has 5 rings (SSSR count). The Morgan fingerprint density at radius 3 is 2.88 bits per heavy atom. The minimum Gasteiger partial charge on any atom is -0.497 e. The van der Waals surface area contributed by atoms with Gasteiger partial charge in [-0.1, -0.05) is 12.2 Å². The van der Waals surface area contributed by atoms with Crippen LogP contribution in [0, 0.1) is 5.92 Å². The number of hydrogen-bond donors (Lipinski definition) is 0. The van der Waals surface area contributed by atoms with Crippen LogP contribution >= 0.6 is 0 Å². The highest BCUT2D eigenvalue weighted by molar-refractivity contribution is 6.02. The van der Waals surface area contributed by atoms with E-state index >= 15 is 0 Å². The van der Waals surface area contributed by atoms with Crippen molar-refractivity contribution >= 4 is 17.5 Å². The number of nitrogens with zero attached hydrogens (tertiary/aromatic N) is 2. The molecule has 26 heavy (non-hydrogen) atoms. The van der Waals surface area contributed by atoms with E-state index < -0.39 is 5.60 Å². The van der Waals surface area contributed by atoms with E-state index in [2.05, 4.69) is 12.2 Å². The van der Waals surface area contributed by atoms with Crippen LogP contribution in [-0.4, -0.2) is 48.6 Å². The maximum atomic E-state index is 13.2. The number of anilines is 1. The lowest BCUT2D eigenvalue weighted by Gasteiger charge is -2.43. The van der Waals surface area contributed by atoms with Crippen molar-refractivity contribution in [2.45, 2.75) is 43.6 Å². The van der Waals surface area contributed by atoms with Crippen LogP contribution in [0.25, 0.3) is 0 Å². The van der Waals surface area contributed by atoms with Crippen molar-refractivity contribution in [1.29, 1.82) is 0 Å². The molecule has 2 bridgehead atoms. The minimum absolute atomic E-state index is 0.00257. The van der Waals surface area contributed by atoms with Crippen molar-refractivity contribution in [1.82, 2.24) is 4.90 Å². The van der Waals surface area contributed by atoms with Crippen LogP contribution in [-0.2, 0) is 14.3 Å². The van der Waals surface area contributed by atoms with Crippen LogP contribution in [0.3, 0.4) is 0 Å². The Kier molecular flexibility index (Phi) is 3.11. The Morgan fingerprint density at radius 2 is 2.19 bits per heavy atom. The fourth-order valence-corrected chi connectivity index (χ4v) is 5.23. The van der Waals surface area contributed by atoms with Crippen molar-refractivity contribution in [2.75, 3.05) is 19.1 Å². The van der Waals surface area contributed by atoms with Gasteiger partial charge in [-0.05, 0) is 31.0 Å². The number of hydrogen-bond acceptors (Lipinski definition) is 4. The van der Waals surface area contributed by atoms with Gasteiger partial charge >= 0.3 is 0 Å². The molecule has 2 amide bonds. The molecule has 0 N–H and O–H groups in total. The van der Waals surface area contributed by atoms with E-state index in [1.165, 1.54) is 0 Å². The second-order valence-corrected chi connectivity index (χ2v) is 7.69. The Labute approximate surface area is 152 Å². The summed E-state index contributed by atoms with van der Waals surface area (Å²) in [6.07, 6.45) is 5.64. The van der Waals surface area contributed by atoms with Gasteiger partial charge in [0.05, 0.1) is 31.2 Å². The van der Waals surface area contributed by atoms with Gasteiger partial charge in [0.1, 0.15) is 11.4 Å². The Bertz CT molecular complexity index is 850. The molecule has 1 spiro atoms. The average molecular weight is 354 g/mol. The zero-order valence-electron chi connectivity index (χ0n) is 15.1. The molecule has 4 aliphatic rings. The number of amides is 2. The zero-order chi connectivity index (χ0) is 18.2. The van der Waals surface area contributed by atoms with Gasteiger partial charge in [0.15, 0.2) is 0 Å². The summed E-state index contributed by atoms with van der Waals surface area (Å²) in [6, 6.07) is 5.56. The first-order valence-electron chi connectivity index (χ1n) is 9.08. The first-order chi connectivity index (χ1) is 12.5. The maximum Gasteiger partial charge on any atom is 0.233 e. The minimum atomic E-state index is -0.546. The number of rotatable bonds is 2. The van der Waals surface area contributed by atoms with Gasteiger partial charge in [-0.3, -0.25) is 9.59 Å². The highest BCUT2D eigenvalue weighted by atomic mass is 16.5. The van der Waals surface area contributed by atoms with Crippen LogP contribution in [0.1, 0.15) is 31.4 Å². The number of benzene rings is 1. The van der Waals surface area contributed by atoms with E-state index in [4.69, 9.17) is 9.47 Å². The van der Waals surface area contributed by atoms with Crippen molar-refractivity contribution in [3.63, 3.8) is 0 Å². The monoisotopic (exact) mass is 354 g/mol. The van der Waals surface area contributed by atoms with Crippen molar-refractivity contribution in [3.05, 3.63) is 35.9 Å². The van der Waals surface area contributed by atoms with Gasteiger partial charge in [0.2, 0.25) is 11.8 Å². The molecule has 4 heterocycles. The van der Waals surface area contributed by atoms with Crippen LogP contribution in [0.4, 0.5) is 5.69 Å². The fourth-order valence-electron chi connectivity index (χ4n) is 5.23. The molecule has 1 aromatic rings. The Hall–Kier alpha value is -2.34. The van der Waals surface area contributed by atoms with Crippen LogP contribution in [0.2, 0.25) is 0 Å². The number of fused-ring (bicyclic) bond motifs is 4. The SMILES string of the molecule is COc1ccc2c(c1)[C@@H](N(C)C(C)=O)C[C@@H]1N2C(=O)[C@@H]2C[C@H]3C=C[C@@]12O3. The van der Waals surface area contributed by atoms with Crippen molar-refractivity contribution < 1.29 is 19.1 Å². The number of carbonyl (C=O) groups excluding carboxylic acids is 2. The molecule has 4 aliphatic heterocycles. The quantitative estimate of drug-likeness (QED) is 0.763. The predicted octanol–water partition coefficient (Wildman–Crippen LogP) is 2.05. The second kappa shape index (κ2) is 5.10. The summed E-state index contributed by atoms with van der Waals surface area (Å²) in [5, 5.41) is 0. The highest BCUT2D eigenvalue weighted by Gasteiger charge is 2.67. The zero-order valence-corrected chi connectivity index (χ0v) is 15.1. The van der Waals surface area contributed by atoms with Gasteiger partial charge in [-0.15, -0.1) is 0 Å². The van der Waals surface area contributed by atoms with E-state index in [0.717, 1.165) is 23.4 Å². The fraction of sp³-hybridized carbons (Fsp3) is 0.500. The summed E-state index contributed by atoms with van der Waals surface area (Å²) in [5.41, 5.74) is 1.28. The Morgan fingerprint density at radius 1 is 1.38 bits per heavy atom. The van der Waals surface area contributed by atoms with E-state index in [1.807, 2.05) is 30.1 Å². The summed E-state index contributed by atoms with van der Waals surface area (Å²) in [4.78, 5) is 29.0. The largest absolute Gasteiger partial charge is 0.497 e. The number of carbonyl (C=O) groups is 2. The molecule has 0 radical (unpaired) electrons. The summed E-state index contributed by atoms with van der Waals surface area (Å²) < 4.78 is 11.7. The Balaban J connectivity index is 1.67. The van der Waals surface area contributed by atoms with Crippen LogP contribution in [0.15, 0.2) is 30.4 Å². The molecule has 1 aromatic carbocycles. The second-order valence-electron chi connectivity index (χ2n) is 7.69. The van der Waals surface area contributed by atoms with E-state index in [1.54, 1.807) is 18.9 Å². The normalized spacial score (nSPS) is 36.0. The third kappa shape index (κ3) is 1.80. The highest BCUT2D eigenvalue weighted by Crippen LogP contribution is 2.58. The third-order valence-electron chi connectivity index (χ3n) is 6.57. The molecule has 0 unspecified atom stereocenters. The van der Waals surface area contributed by atoms with Crippen LogP contribution in [0.5, 0.6) is 5.75 Å². The molecule has 2 saturated heterocycles. The lowest BCUT2D eigenvalue weighted by atomic mass is 9.78. The molecule has 2 fully saturated rings. The van der Waals surface area contributed by atoms with Crippen LogP contribution < -0.4 is 9.64 Å². The lowest BCUT2D eigenvalue weighted by molar-refractivity contribution is -0.130. The molecule has 0 saturated carbocycles. The van der Waals surface area contributed by atoms with Gasteiger partial charge < -0.3 is 19.3 Å². The molecule has 5 atom stereocenters. The third-order valence-corrected chi connectivity index (χ3v) is 6.57. The van der Waals surface area contributed by atoms with E-state index in [0.29, 0.717) is 6.42 Å².